The molecule has 0 saturated heterocycles. The number of hydrogen-bond donors (Lipinski definition) is 0. The van der Waals surface area contributed by atoms with Gasteiger partial charge in [0.15, 0.2) is 5.82 Å². The Morgan fingerprint density at radius 2 is 2.05 bits per heavy atom. The summed E-state index contributed by atoms with van der Waals surface area (Å²) in [5.74, 6) is 1.64. The van der Waals surface area contributed by atoms with E-state index in [2.05, 4.69) is 25.9 Å². The van der Waals surface area contributed by atoms with Gasteiger partial charge in [0.2, 0.25) is 5.88 Å². The highest BCUT2D eigenvalue weighted by atomic mass is 79.9. The predicted molar refractivity (Wildman–Crippen MR) is 81.3 cm³/mol. The van der Waals surface area contributed by atoms with Crippen LogP contribution in [-0.2, 0) is 11.3 Å². The summed E-state index contributed by atoms with van der Waals surface area (Å²) in [5, 5.41) is 0.333. The largest absolute Gasteiger partial charge is 0.439 e. The molecule has 0 aliphatic heterocycles. The van der Waals surface area contributed by atoms with Gasteiger partial charge in [-0.1, -0.05) is 27.5 Å². The van der Waals surface area contributed by atoms with Gasteiger partial charge in [-0.15, -0.1) is 0 Å². The minimum absolute atomic E-state index is 0.312. The Bertz CT molecular complexity index is 608. The van der Waals surface area contributed by atoms with Crippen molar-refractivity contribution >= 4 is 27.5 Å². The molecule has 0 bridgehead atoms. The van der Waals surface area contributed by atoms with E-state index in [-0.39, 0.29) is 0 Å². The molecule has 0 radical (unpaired) electrons. The maximum absolute atomic E-state index is 5.97. The summed E-state index contributed by atoms with van der Waals surface area (Å²) in [6.45, 7) is 4.78. The second-order valence-corrected chi connectivity index (χ2v) is 5.40. The summed E-state index contributed by atoms with van der Waals surface area (Å²) in [7, 11) is 0. The number of rotatable bonds is 5. The van der Waals surface area contributed by atoms with Gasteiger partial charge in [-0.3, -0.25) is 0 Å². The van der Waals surface area contributed by atoms with E-state index in [9.17, 15) is 0 Å². The zero-order chi connectivity index (χ0) is 14.5. The average Bonchev–Trinajstić information content (AvgIpc) is 2.39. The van der Waals surface area contributed by atoms with Crippen LogP contribution in [0, 0.1) is 6.92 Å². The third kappa shape index (κ3) is 4.16. The van der Waals surface area contributed by atoms with E-state index in [0.29, 0.717) is 30.1 Å². The Labute approximate surface area is 131 Å². The second-order valence-electron chi connectivity index (χ2n) is 4.09. The number of hydrogen-bond acceptors (Lipinski definition) is 4. The fourth-order valence-electron chi connectivity index (χ4n) is 1.59. The summed E-state index contributed by atoms with van der Waals surface area (Å²) in [4.78, 5) is 8.37. The fourth-order valence-corrected chi connectivity index (χ4v) is 2.26. The highest BCUT2D eigenvalue weighted by Crippen LogP contribution is 2.27. The van der Waals surface area contributed by atoms with Crippen molar-refractivity contribution in [1.82, 2.24) is 9.97 Å². The lowest BCUT2D eigenvalue weighted by molar-refractivity contribution is 0.128. The average molecular weight is 358 g/mol. The Morgan fingerprint density at radius 1 is 1.25 bits per heavy atom. The maximum atomic E-state index is 5.97. The molecular weight excluding hydrogens is 344 g/mol. The number of ether oxygens (including phenoxy) is 2. The molecule has 0 aliphatic rings. The molecule has 4 nitrogen and oxygen atoms in total. The molecule has 0 N–H and O–H groups in total. The van der Waals surface area contributed by atoms with Crippen molar-refractivity contribution in [3.63, 3.8) is 0 Å². The SMILES string of the molecule is CCOCc1nc(Cl)cc(Oc2ccc(Br)cc2C)n1. The fraction of sp³-hybridized carbons (Fsp3) is 0.286. The van der Waals surface area contributed by atoms with Crippen LogP contribution in [-0.4, -0.2) is 16.6 Å². The van der Waals surface area contributed by atoms with Gasteiger partial charge in [0.1, 0.15) is 17.5 Å². The number of nitrogens with zero attached hydrogens (tertiary/aromatic N) is 2. The van der Waals surface area contributed by atoms with Crippen LogP contribution >= 0.6 is 27.5 Å². The van der Waals surface area contributed by atoms with Crippen LogP contribution in [0.15, 0.2) is 28.7 Å². The van der Waals surface area contributed by atoms with E-state index in [4.69, 9.17) is 21.1 Å². The molecule has 0 aliphatic carbocycles. The van der Waals surface area contributed by atoms with Gasteiger partial charge >= 0.3 is 0 Å². The first-order chi connectivity index (χ1) is 9.58. The van der Waals surface area contributed by atoms with Gasteiger partial charge in [-0.2, -0.15) is 4.98 Å². The van der Waals surface area contributed by atoms with E-state index >= 15 is 0 Å². The van der Waals surface area contributed by atoms with Crippen molar-refractivity contribution in [2.75, 3.05) is 6.61 Å². The van der Waals surface area contributed by atoms with E-state index in [1.807, 2.05) is 32.0 Å². The van der Waals surface area contributed by atoms with Gasteiger partial charge in [0.05, 0.1) is 0 Å². The predicted octanol–water partition coefficient (Wildman–Crippen LogP) is 4.53. The van der Waals surface area contributed by atoms with E-state index in [0.717, 1.165) is 15.8 Å². The molecular formula is C14H14BrClN2O2. The first-order valence-electron chi connectivity index (χ1n) is 6.13. The molecule has 1 heterocycles. The van der Waals surface area contributed by atoms with Crippen LogP contribution < -0.4 is 4.74 Å². The zero-order valence-corrected chi connectivity index (χ0v) is 13.5. The number of aryl methyl sites for hydroxylation is 1. The van der Waals surface area contributed by atoms with Gasteiger partial charge in [-0.05, 0) is 37.6 Å². The van der Waals surface area contributed by atoms with E-state index in [1.165, 1.54) is 0 Å². The highest BCUT2D eigenvalue weighted by molar-refractivity contribution is 9.10. The van der Waals surface area contributed by atoms with Gasteiger partial charge in [-0.25, -0.2) is 4.98 Å². The molecule has 0 spiro atoms. The van der Waals surface area contributed by atoms with Crippen LogP contribution in [0.5, 0.6) is 11.6 Å². The smallest absolute Gasteiger partial charge is 0.224 e. The molecule has 0 fully saturated rings. The molecule has 0 atom stereocenters. The number of aromatic nitrogens is 2. The summed E-state index contributed by atoms with van der Waals surface area (Å²) >= 11 is 9.38. The molecule has 0 saturated carbocycles. The lowest BCUT2D eigenvalue weighted by Crippen LogP contribution is -2.01. The van der Waals surface area contributed by atoms with Crippen LogP contribution in [0.1, 0.15) is 18.3 Å². The molecule has 1 aromatic heterocycles. The van der Waals surface area contributed by atoms with Gasteiger partial charge in [0, 0.05) is 17.1 Å². The minimum Gasteiger partial charge on any atom is -0.439 e. The van der Waals surface area contributed by atoms with Crippen molar-refractivity contribution in [2.24, 2.45) is 0 Å². The Morgan fingerprint density at radius 3 is 2.75 bits per heavy atom. The van der Waals surface area contributed by atoms with E-state index < -0.39 is 0 Å². The molecule has 1 aromatic carbocycles. The molecule has 6 heteroatoms. The lowest BCUT2D eigenvalue weighted by Gasteiger charge is -2.09. The second kappa shape index (κ2) is 7.02. The van der Waals surface area contributed by atoms with Gasteiger partial charge < -0.3 is 9.47 Å². The topological polar surface area (TPSA) is 44.2 Å². The number of benzene rings is 1. The van der Waals surface area contributed by atoms with Crippen LogP contribution in [0.4, 0.5) is 0 Å². The van der Waals surface area contributed by atoms with Crippen LogP contribution in [0.25, 0.3) is 0 Å². The molecule has 2 rings (SSSR count). The van der Waals surface area contributed by atoms with Crippen molar-refractivity contribution in [3.8, 4) is 11.6 Å². The Balaban J connectivity index is 2.21. The standard InChI is InChI=1S/C14H14BrClN2O2/c1-3-19-8-13-17-12(16)7-14(18-13)20-11-5-4-10(15)6-9(11)2/h4-7H,3,8H2,1-2H3. The van der Waals surface area contributed by atoms with Crippen LogP contribution in [0.2, 0.25) is 5.15 Å². The lowest BCUT2D eigenvalue weighted by atomic mass is 10.2. The first kappa shape index (κ1) is 15.2. The quantitative estimate of drug-likeness (QED) is 0.737. The molecule has 0 unspecified atom stereocenters. The Kier molecular flexibility index (Phi) is 5.34. The number of halogens is 2. The summed E-state index contributed by atoms with van der Waals surface area (Å²) < 4.78 is 12.0. The zero-order valence-electron chi connectivity index (χ0n) is 11.2. The highest BCUT2D eigenvalue weighted by Gasteiger charge is 2.07. The van der Waals surface area contributed by atoms with E-state index in [1.54, 1.807) is 6.07 Å². The van der Waals surface area contributed by atoms with Crippen LogP contribution in [0.3, 0.4) is 0 Å². The van der Waals surface area contributed by atoms with Crippen molar-refractivity contribution in [1.29, 1.82) is 0 Å². The first-order valence-corrected chi connectivity index (χ1v) is 7.30. The molecule has 20 heavy (non-hydrogen) atoms. The normalized spacial score (nSPS) is 10.6. The van der Waals surface area contributed by atoms with Crippen molar-refractivity contribution in [3.05, 3.63) is 45.3 Å². The van der Waals surface area contributed by atoms with Crippen molar-refractivity contribution < 1.29 is 9.47 Å². The van der Waals surface area contributed by atoms with Gasteiger partial charge in [0.25, 0.3) is 0 Å². The third-order valence-electron chi connectivity index (χ3n) is 2.50. The minimum atomic E-state index is 0.312. The summed E-state index contributed by atoms with van der Waals surface area (Å²) in [5.41, 5.74) is 1.00. The monoisotopic (exact) mass is 356 g/mol. The molecule has 2 aromatic rings. The summed E-state index contributed by atoms with van der Waals surface area (Å²) in [6.07, 6.45) is 0. The Hall–Kier alpha value is -1.17. The molecule has 0 amide bonds. The van der Waals surface area contributed by atoms with Crippen molar-refractivity contribution in [2.45, 2.75) is 20.5 Å². The maximum Gasteiger partial charge on any atom is 0.224 e. The summed E-state index contributed by atoms with van der Waals surface area (Å²) in [6, 6.07) is 7.33. The third-order valence-corrected chi connectivity index (χ3v) is 3.19. The molecule has 106 valence electrons.